The van der Waals surface area contributed by atoms with Gasteiger partial charge in [-0.3, -0.25) is 14.9 Å². The van der Waals surface area contributed by atoms with Gasteiger partial charge in [0.25, 0.3) is 0 Å². The topological polar surface area (TPSA) is 75.2 Å². The van der Waals surface area contributed by atoms with Crippen LogP contribution in [0.15, 0.2) is 39.4 Å². The molecular formula is C18H18N4O2S4. The first kappa shape index (κ1) is 19.6. The average Bonchev–Trinajstić information content (AvgIpc) is 3.47. The van der Waals surface area contributed by atoms with Gasteiger partial charge in [-0.1, -0.05) is 35.2 Å². The zero-order valence-electron chi connectivity index (χ0n) is 14.9. The molecule has 1 aliphatic rings. The molecule has 0 aliphatic carbocycles. The highest BCUT2D eigenvalue weighted by Crippen LogP contribution is 2.30. The molecule has 4 heterocycles. The van der Waals surface area contributed by atoms with E-state index in [-0.39, 0.29) is 11.8 Å². The molecule has 0 aromatic carbocycles. The molecular weight excluding hydrogens is 432 g/mol. The Morgan fingerprint density at radius 1 is 1.18 bits per heavy atom. The fraction of sp³-hybridized carbons (Fsp3) is 0.333. The van der Waals surface area contributed by atoms with Crippen molar-refractivity contribution in [1.29, 1.82) is 0 Å². The number of thiophene rings is 2. The Labute approximate surface area is 179 Å². The Morgan fingerprint density at radius 3 is 2.71 bits per heavy atom. The molecule has 6 nitrogen and oxygen atoms in total. The Morgan fingerprint density at radius 2 is 1.96 bits per heavy atom. The number of nitrogens with one attached hydrogen (secondary N) is 1. The third-order valence-electron chi connectivity index (χ3n) is 4.34. The fourth-order valence-electron chi connectivity index (χ4n) is 3.04. The zero-order valence-corrected chi connectivity index (χ0v) is 18.1. The summed E-state index contributed by atoms with van der Waals surface area (Å²) in [5.41, 5.74) is 0. The van der Waals surface area contributed by atoms with Crippen LogP contribution in [0, 0.1) is 0 Å². The van der Waals surface area contributed by atoms with Gasteiger partial charge in [0.05, 0.1) is 6.42 Å². The van der Waals surface area contributed by atoms with Gasteiger partial charge in [0, 0.05) is 22.1 Å². The van der Waals surface area contributed by atoms with Gasteiger partial charge < -0.3 is 4.90 Å². The van der Waals surface area contributed by atoms with Crippen LogP contribution < -0.4 is 5.32 Å². The second kappa shape index (κ2) is 9.17. The molecule has 2 amide bonds. The molecule has 28 heavy (non-hydrogen) atoms. The van der Waals surface area contributed by atoms with Crippen molar-refractivity contribution in [3.05, 3.63) is 44.8 Å². The van der Waals surface area contributed by atoms with Crippen molar-refractivity contribution in [3.63, 3.8) is 0 Å². The first-order chi connectivity index (χ1) is 13.7. The first-order valence-corrected chi connectivity index (χ1v) is 12.4. The van der Waals surface area contributed by atoms with Gasteiger partial charge in [0.1, 0.15) is 6.04 Å². The lowest BCUT2D eigenvalue weighted by Gasteiger charge is -2.23. The Kier molecular flexibility index (Phi) is 6.40. The summed E-state index contributed by atoms with van der Waals surface area (Å²) in [6, 6.07) is 7.57. The van der Waals surface area contributed by atoms with Crippen LogP contribution in [0.2, 0.25) is 0 Å². The minimum atomic E-state index is -0.432. The number of amides is 2. The molecule has 1 saturated heterocycles. The summed E-state index contributed by atoms with van der Waals surface area (Å²) in [6.45, 7) is 0.625. The normalized spacial score (nSPS) is 16.4. The lowest BCUT2D eigenvalue weighted by atomic mass is 10.2. The van der Waals surface area contributed by atoms with Crippen LogP contribution in [0.3, 0.4) is 0 Å². The molecule has 1 aliphatic heterocycles. The SMILES string of the molecule is O=C(Nc1nnc(SCc2cccs2)s1)C1CCCN1C(=O)Cc1cccs1. The van der Waals surface area contributed by atoms with Crippen molar-refractivity contribution in [2.24, 2.45) is 0 Å². The van der Waals surface area contributed by atoms with Crippen LogP contribution in [0.1, 0.15) is 22.6 Å². The van der Waals surface area contributed by atoms with Gasteiger partial charge in [0.2, 0.25) is 16.9 Å². The third-order valence-corrected chi connectivity index (χ3v) is 8.29. The quantitative estimate of drug-likeness (QED) is 0.433. The Bertz CT molecular complexity index is 923. The van der Waals surface area contributed by atoms with E-state index in [0.29, 0.717) is 24.5 Å². The van der Waals surface area contributed by atoms with Crippen molar-refractivity contribution in [2.75, 3.05) is 11.9 Å². The largest absolute Gasteiger partial charge is 0.330 e. The minimum Gasteiger partial charge on any atom is -0.330 e. The van der Waals surface area contributed by atoms with E-state index >= 15 is 0 Å². The number of carbonyl (C=O) groups is 2. The summed E-state index contributed by atoms with van der Waals surface area (Å²) in [5, 5.41) is 15.6. The number of thioether (sulfide) groups is 1. The van der Waals surface area contributed by atoms with E-state index in [2.05, 4.69) is 27.0 Å². The fourth-order valence-corrected chi connectivity index (χ4v) is 6.26. The van der Waals surface area contributed by atoms with Crippen LogP contribution >= 0.6 is 45.8 Å². The summed E-state index contributed by atoms with van der Waals surface area (Å²) in [5.74, 6) is 0.668. The number of rotatable bonds is 7. The summed E-state index contributed by atoms with van der Waals surface area (Å²) in [6.07, 6.45) is 1.87. The molecule has 0 bridgehead atoms. The average molecular weight is 451 g/mol. The van der Waals surface area contributed by atoms with Crippen molar-refractivity contribution in [1.82, 2.24) is 15.1 Å². The van der Waals surface area contributed by atoms with Crippen LogP contribution in [-0.4, -0.2) is 39.5 Å². The van der Waals surface area contributed by atoms with Crippen molar-refractivity contribution in [3.8, 4) is 0 Å². The second-order valence-electron chi connectivity index (χ2n) is 6.23. The van der Waals surface area contributed by atoms with Gasteiger partial charge in [-0.25, -0.2) is 0 Å². The smallest absolute Gasteiger partial charge is 0.249 e. The van der Waals surface area contributed by atoms with E-state index in [1.165, 1.54) is 16.2 Å². The molecule has 3 aromatic heterocycles. The van der Waals surface area contributed by atoms with Crippen molar-refractivity contribution in [2.45, 2.75) is 35.4 Å². The molecule has 0 saturated carbocycles. The minimum absolute atomic E-state index is 0.00422. The summed E-state index contributed by atoms with van der Waals surface area (Å²) >= 11 is 6.25. The highest BCUT2D eigenvalue weighted by atomic mass is 32.2. The molecule has 3 aromatic rings. The Balaban J connectivity index is 1.33. The molecule has 1 unspecified atom stereocenters. The molecule has 146 valence electrons. The molecule has 0 radical (unpaired) electrons. The van der Waals surface area contributed by atoms with Crippen LogP contribution in [0.4, 0.5) is 5.13 Å². The maximum absolute atomic E-state index is 12.7. The Hall–Kier alpha value is -1.75. The molecule has 0 spiro atoms. The summed E-state index contributed by atoms with van der Waals surface area (Å²) < 4.78 is 0.820. The standard InChI is InChI=1S/C18H18N4O2S4/c23-15(10-12-4-2-8-25-12)22-7-1-6-14(22)16(24)19-17-20-21-18(28-17)27-11-13-5-3-9-26-13/h2-5,8-9,14H,1,6-7,10-11H2,(H,19,20,24). The van der Waals surface area contributed by atoms with E-state index in [1.54, 1.807) is 39.3 Å². The van der Waals surface area contributed by atoms with Gasteiger partial charge in [-0.15, -0.1) is 32.9 Å². The summed E-state index contributed by atoms with van der Waals surface area (Å²) in [7, 11) is 0. The number of anilines is 1. The zero-order chi connectivity index (χ0) is 19.3. The number of nitrogens with zero attached hydrogens (tertiary/aromatic N) is 3. The highest BCUT2D eigenvalue weighted by molar-refractivity contribution is 8.00. The van der Waals surface area contributed by atoms with E-state index < -0.39 is 6.04 Å². The number of likely N-dealkylation sites (tertiary alicyclic amines) is 1. The number of carbonyl (C=O) groups excluding carboxylic acids is 2. The maximum Gasteiger partial charge on any atom is 0.249 e. The first-order valence-electron chi connectivity index (χ1n) is 8.80. The molecule has 1 N–H and O–H groups in total. The lowest BCUT2D eigenvalue weighted by Crippen LogP contribution is -2.43. The molecule has 10 heteroatoms. The number of hydrogen-bond acceptors (Lipinski definition) is 8. The predicted octanol–water partition coefficient (Wildman–Crippen LogP) is 4.13. The maximum atomic E-state index is 12.7. The number of aromatic nitrogens is 2. The van der Waals surface area contributed by atoms with Crippen molar-refractivity contribution < 1.29 is 9.59 Å². The van der Waals surface area contributed by atoms with Crippen LogP contribution in [0.5, 0.6) is 0 Å². The molecule has 4 rings (SSSR count). The third kappa shape index (κ3) is 4.80. The van der Waals surface area contributed by atoms with Gasteiger partial charge >= 0.3 is 0 Å². The van der Waals surface area contributed by atoms with E-state index in [4.69, 9.17) is 0 Å². The lowest BCUT2D eigenvalue weighted by molar-refractivity contribution is -0.136. The van der Waals surface area contributed by atoms with E-state index in [9.17, 15) is 9.59 Å². The van der Waals surface area contributed by atoms with Crippen molar-refractivity contribution >= 4 is 62.7 Å². The van der Waals surface area contributed by atoms with E-state index in [0.717, 1.165) is 21.4 Å². The molecule has 1 fully saturated rings. The van der Waals surface area contributed by atoms with Crippen LogP contribution in [0.25, 0.3) is 0 Å². The highest BCUT2D eigenvalue weighted by Gasteiger charge is 2.34. The predicted molar refractivity (Wildman–Crippen MR) is 115 cm³/mol. The van der Waals surface area contributed by atoms with Gasteiger partial charge in [-0.2, -0.15) is 0 Å². The van der Waals surface area contributed by atoms with E-state index in [1.807, 2.05) is 23.6 Å². The monoisotopic (exact) mass is 450 g/mol. The second-order valence-corrected chi connectivity index (χ2v) is 10.5. The summed E-state index contributed by atoms with van der Waals surface area (Å²) in [4.78, 5) is 29.3. The van der Waals surface area contributed by atoms with Gasteiger partial charge in [0.15, 0.2) is 4.34 Å². The van der Waals surface area contributed by atoms with Gasteiger partial charge in [-0.05, 0) is 35.7 Å². The number of hydrogen-bond donors (Lipinski definition) is 1. The van der Waals surface area contributed by atoms with Crippen LogP contribution in [-0.2, 0) is 21.8 Å². The molecule has 1 atom stereocenters.